The Morgan fingerprint density at radius 1 is 1.14 bits per heavy atom. The largest absolute Gasteiger partial charge is 0.454 e. The number of rotatable bonds is 0. The molecule has 1 aromatic carbocycles. The molecule has 110 valence electrons. The van der Waals surface area contributed by atoms with Crippen LogP contribution in [0.2, 0.25) is 0 Å². The Kier molecular flexibility index (Phi) is 2.29. The average molecular weight is 287 g/mol. The van der Waals surface area contributed by atoms with Crippen LogP contribution in [0.5, 0.6) is 11.5 Å². The summed E-state index contributed by atoms with van der Waals surface area (Å²) in [6.45, 7) is 2.12. The van der Waals surface area contributed by atoms with Crippen LogP contribution < -0.4 is 9.47 Å². The molecule has 2 N–H and O–H groups in total. The summed E-state index contributed by atoms with van der Waals surface area (Å²) in [6.07, 6.45) is 1.08. The lowest BCUT2D eigenvalue weighted by Gasteiger charge is -2.31. The first-order valence-corrected chi connectivity index (χ1v) is 7.45. The molecule has 5 rings (SSSR count). The lowest BCUT2D eigenvalue weighted by molar-refractivity contribution is 0.0208. The van der Waals surface area contributed by atoms with Crippen LogP contribution in [0.3, 0.4) is 0 Å². The highest BCUT2D eigenvalue weighted by molar-refractivity contribution is 5.54. The maximum atomic E-state index is 9.96. The summed E-state index contributed by atoms with van der Waals surface area (Å²) in [7, 11) is 0. The Balaban J connectivity index is 1.63. The highest BCUT2D eigenvalue weighted by atomic mass is 16.7. The quantitative estimate of drug-likeness (QED) is 0.690. The molecular formula is C16H17NO4. The zero-order valence-corrected chi connectivity index (χ0v) is 11.5. The molecule has 21 heavy (non-hydrogen) atoms. The van der Waals surface area contributed by atoms with Crippen molar-refractivity contribution in [2.24, 2.45) is 0 Å². The molecule has 0 radical (unpaired) electrons. The zero-order chi connectivity index (χ0) is 14.1. The molecule has 1 aliphatic carbocycles. The van der Waals surface area contributed by atoms with Crippen molar-refractivity contribution in [2.45, 2.75) is 37.1 Å². The molecule has 0 spiro atoms. The minimum Gasteiger partial charge on any atom is -0.454 e. The molecule has 1 unspecified atom stereocenters. The fourth-order valence-electron chi connectivity index (χ4n) is 4.23. The molecule has 4 aliphatic rings. The van der Waals surface area contributed by atoms with E-state index in [-0.39, 0.29) is 6.04 Å². The maximum absolute atomic E-state index is 9.96. The summed E-state index contributed by atoms with van der Waals surface area (Å²) in [4.78, 5) is 2.40. The zero-order valence-electron chi connectivity index (χ0n) is 11.5. The van der Waals surface area contributed by atoms with Crippen molar-refractivity contribution in [1.82, 2.24) is 4.90 Å². The number of fused-ring (bicyclic) bond motifs is 8. The van der Waals surface area contributed by atoms with Gasteiger partial charge in [0.15, 0.2) is 11.5 Å². The van der Waals surface area contributed by atoms with E-state index < -0.39 is 12.2 Å². The van der Waals surface area contributed by atoms with Crippen molar-refractivity contribution in [3.8, 4) is 11.5 Å². The third-order valence-corrected chi connectivity index (χ3v) is 5.25. The number of nitrogens with zero attached hydrogens (tertiary/aromatic N) is 1. The summed E-state index contributed by atoms with van der Waals surface area (Å²) < 4.78 is 11.0. The van der Waals surface area contributed by atoms with Crippen LogP contribution in [0.25, 0.3) is 0 Å². The minimum atomic E-state index is -0.741. The third kappa shape index (κ3) is 1.56. The minimum absolute atomic E-state index is 0.248. The van der Waals surface area contributed by atoms with E-state index in [2.05, 4.69) is 17.0 Å². The van der Waals surface area contributed by atoms with Gasteiger partial charge < -0.3 is 19.7 Å². The number of hydrogen-bond donors (Lipinski definition) is 2. The highest BCUT2D eigenvalue weighted by Crippen LogP contribution is 2.49. The van der Waals surface area contributed by atoms with Crippen molar-refractivity contribution in [3.05, 3.63) is 34.9 Å². The van der Waals surface area contributed by atoms with Gasteiger partial charge in [-0.25, -0.2) is 0 Å². The van der Waals surface area contributed by atoms with Gasteiger partial charge in [0.1, 0.15) is 0 Å². The monoisotopic (exact) mass is 287 g/mol. The number of hydrogen-bond acceptors (Lipinski definition) is 5. The first-order chi connectivity index (χ1) is 10.2. The second kappa shape index (κ2) is 4.00. The summed E-state index contributed by atoms with van der Waals surface area (Å²) >= 11 is 0. The van der Waals surface area contributed by atoms with Crippen LogP contribution in [0, 0.1) is 0 Å². The van der Waals surface area contributed by atoms with Gasteiger partial charge in [0.05, 0.1) is 12.2 Å². The molecule has 1 saturated heterocycles. The molecule has 3 aliphatic heterocycles. The van der Waals surface area contributed by atoms with E-state index in [0.717, 1.165) is 24.6 Å². The Hall–Kier alpha value is -1.56. The smallest absolute Gasteiger partial charge is 0.231 e. The van der Waals surface area contributed by atoms with Gasteiger partial charge in [-0.15, -0.1) is 0 Å². The second-order valence-electron chi connectivity index (χ2n) is 6.36. The first-order valence-electron chi connectivity index (χ1n) is 7.45. The molecular weight excluding hydrogens is 270 g/mol. The fourth-order valence-corrected chi connectivity index (χ4v) is 4.23. The van der Waals surface area contributed by atoms with Crippen LogP contribution in [-0.2, 0) is 6.54 Å². The molecule has 5 nitrogen and oxygen atoms in total. The number of aliphatic hydroxyl groups is 2. The van der Waals surface area contributed by atoms with Crippen molar-refractivity contribution >= 4 is 0 Å². The van der Waals surface area contributed by atoms with Crippen molar-refractivity contribution in [3.63, 3.8) is 0 Å². The summed E-state index contributed by atoms with van der Waals surface area (Å²) in [5, 5.41) is 19.9. The van der Waals surface area contributed by atoms with E-state index in [4.69, 9.17) is 9.47 Å². The fraction of sp³-hybridized carbons (Fsp3) is 0.500. The molecule has 0 saturated carbocycles. The van der Waals surface area contributed by atoms with E-state index in [1.54, 1.807) is 0 Å². The lowest BCUT2D eigenvalue weighted by Crippen LogP contribution is -2.39. The number of ether oxygens (including phenoxy) is 2. The van der Waals surface area contributed by atoms with Crippen LogP contribution in [-0.4, -0.2) is 46.7 Å². The molecule has 5 heteroatoms. The number of benzene rings is 1. The van der Waals surface area contributed by atoms with E-state index in [1.165, 1.54) is 16.7 Å². The highest BCUT2D eigenvalue weighted by Gasteiger charge is 2.46. The summed E-state index contributed by atoms with van der Waals surface area (Å²) in [5.41, 5.74) is 3.81. The summed E-state index contributed by atoms with van der Waals surface area (Å²) in [6, 6.07) is 4.43. The van der Waals surface area contributed by atoms with Crippen molar-refractivity contribution in [2.75, 3.05) is 13.3 Å². The van der Waals surface area contributed by atoms with Crippen molar-refractivity contribution in [1.29, 1.82) is 0 Å². The van der Waals surface area contributed by atoms with E-state index in [1.807, 2.05) is 6.08 Å². The SMILES string of the molecule is O[C@H]1C=C2[C@H]3CN(Cc4cc5c(cc43)OCO5)[C@H]2C[C@@H]1O. The number of aliphatic hydroxyl groups excluding tert-OH is 2. The van der Waals surface area contributed by atoms with Crippen LogP contribution in [0.1, 0.15) is 23.5 Å². The topological polar surface area (TPSA) is 62.2 Å². The summed E-state index contributed by atoms with van der Waals surface area (Å²) in [5.74, 6) is 1.95. The van der Waals surface area contributed by atoms with Gasteiger partial charge in [0.2, 0.25) is 6.79 Å². The van der Waals surface area contributed by atoms with Crippen LogP contribution in [0.4, 0.5) is 0 Å². The van der Waals surface area contributed by atoms with Gasteiger partial charge in [-0.3, -0.25) is 4.90 Å². The Morgan fingerprint density at radius 2 is 1.95 bits per heavy atom. The van der Waals surface area contributed by atoms with Gasteiger partial charge in [0, 0.05) is 25.0 Å². The normalized spacial score (nSPS) is 38.8. The predicted molar refractivity (Wildman–Crippen MR) is 74.2 cm³/mol. The maximum Gasteiger partial charge on any atom is 0.231 e. The second-order valence-corrected chi connectivity index (χ2v) is 6.36. The molecule has 0 aromatic heterocycles. The first kappa shape index (κ1) is 12.0. The molecule has 3 heterocycles. The molecule has 1 aromatic rings. The molecule has 1 fully saturated rings. The van der Waals surface area contributed by atoms with Gasteiger partial charge in [-0.1, -0.05) is 6.08 Å². The van der Waals surface area contributed by atoms with Crippen LogP contribution >= 0.6 is 0 Å². The van der Waals surface area contributed by atoms with Gasteiger partial charge in [-0.2, -0.15) is 0 Å². The molecule has 5 atom stereocenters. The van der Waals surface area contributed by atoms with E-state index in [9.17, 15) is 10.2 Å². The van der Waals surface area contributed by atoms with E-state index >= 15 is 0 Å². The molecule has 0 amide bonds. The Morgan fingerprint density at radius 3 is 2.81 bits per heavy atom. The Bertz CT molecular complexity index is 656. The van der Waals surface area contributed by atoms with Gasteiger partial charge >= 0.3 is 0 Å². The average Bonchev–Trinajstić information content (AvgIpc) is 3.03. The standard InChI is InChI=1S/C16H17NO4/c18-13-2-10-11-6-17(12(10)4-14(13)19)5-8-1-15-16(3-9(8)11)21-7-20-15/h1-3,11-14,18-19H,4-7H2/t11-,12-,13-,14-/m0/s1. The lowest BCUT2D eigenvalue weighted by atomic mass is 9.82. The Labute approximate surface area is 122 Å². The van der Waals surface area contributed by atoms with Gasteiger partial charge in [-0.05, 0) is 35.3 Å². The third-order valence-electron chi connectivity index (χ3n) is 5.25. The van der Waals surface area contributed by atoms with Crippen molar-refractivity contribution < 1.29 is 19.7 Å². The van der Waals surface area contributed by atoms with Crippen LogP contribution in [0.15, 0.2) is 23.8 Å². The molecule has 2 bridgehead atoms. The predicted octanol–water partition coefficient (Wildman–Crippen LogP) is 0.749. The van der Waals surface area contributed by atoms with Gasteiger partial charge in [0.25, 0.3) is 0 Å². The van der Waals surface area contributed by atoms with E-state index in [0.29, 0.717) is 19.1 Å².